The van der Waals surface area contributed by atoms with Crippen molar-refractivity contribution in [3.63, 3.8) is 0 Å². The molecule has 1 aromatic carbocycles. The Morgan fingerprint density at radius 2 is 1.71 bits per heavy atom. The summed E-state index contributed by atoms with van der Waals surface area (Å²) in [6.07, 6.45) is -3.24. The van der Waals surface area contributed by atoms with Crippen LogP contribution in [0, 0.1) is 11.3 Å². The van der Waals surface area contributed by atoms with Gasteiger partial charge in [-0.1, -0.05) is 12.1 Å². The van der Waals surface area contributed by atoms with E-state index in [1.165, 1.54) is 18.2 Å². The second-order valence-corrected chi connectivity index (χ2v) is 5.29. The number of hydrogen-bond donors (Lipinski definition) is 0. The first kappa shape index (κ1) is 16.8. The number of rotatable bonds is 2. The van der Waals surface area contributed by atoms with E-state index in [0.717, 1.165) is 12.1 Å². The van der Waals surface area contributed by atoms with Crippen LogP contribution in [0.2, 0.25) is 0 Å². The number of benzene rings is 1. The van der Waals surface area contributed by atoms with Gasteiger partial charge in [-0.05, 0) is 44.5 Å². The zero-order valence-corrected chi connectivity index (χ0v) is 11.8. The maximum Gasteiger partial charge on any atom is 0.416 e. The van der Waals surface area contributed by atoms with Crippen LogP contribution in [-0.4, -0.2) is 11.6 Å². The molecule has 0 amide bonds. The first-order valence-corrected chi connectivity index (χ1v) is 6.05. The molecule has 0 spiro atoms. The summed E-state index contributed by atoms with van der Waals surface area (Å²) in [5.41, 5.74) is -1.52. The number of hydrogen-bond acceptors (Lipinski definition) is 3. The fourth-order valence-corrected chi connectivity index (χ4v) is 1.40. The fraction of sp³-hybridized carbons (Fsp3) is 0.333. The zero-order valence-electron chi connectivity index (χ0n) is 11.8. The van der Waals surface area contributed by atoms with E-state index in [1.807, 2.05) is 0 Å². The minimum Gasteiger partial charge on any atom is -0.456 e. The van der Waals surface area contributed by atoms with Crippen LogP contribution in [0.3, 0.4) is 0 Å². The third kappa shape index (κ3) is 5.30. The summed E-state index contributed by atoms with van der Waals surface area (Å²) in [5, 5.41) is 8.94. The lowest BCUT2D eigenvalue weighted by molar-refractivity contribution is -0.149. The minimum absolute atomic E-state index is 0.273. The quantitative estimate of drug-likeness (QED) is 0.472. The average molecular weight is 297 g/mol. The van der Waals surface area contributed by atoms with E-state index in [2.05, 4.69) is 0 Å². The SMILES string of the molecule is CC(C)(C)OC(=O)/C(C#N)=C/c1ccc(C(F)(F)F)cc1. The molecule has 0 aliphatic carbocycles. The number of nitriles is 1. The van der Waals surface area contributed by atoms with Gasteiger partial charge in [0.1, 0.15) is 17.2 Å². The van der Waals surface area contributed by atoms with Gasteiger partial charge in [0, 0.05) is 0 Å². The number of esters is 1. The first-order valence-electron chi connectivity index (χ1n) is 6.05. The van der Waals surface area contributed by atoms with Crippen LogP contribution >= 0.6 is 0 Å². The highest BCUT2D eigenvalue weighted by Gasteiger charge is 2.29. The predicted molar refractivity (Wildman–Crippen MR) is 70.9 cm³/mol. The van der Waals surface area contributed by atoms with Gasteiger partial charge in [-0.2, -0.15) is 18.4 Å². The Hall–Kier alpha value is -2.29. The van der Waals surface area contributed by atoms with Crippen LogP contribution < -0.4 is 0 Å². The highest BCUT2D eigenvalue weighted by atomic mass is 19.4. The van der Waals surface area contributed by atoms with Crippen LogP contribution in [0.25, 0.3) is 6.08 Å². The lowest BCUT2D eigenvalue weighted by Crippen LogP contribution is -2.24. The maximum atomic E-state index is 12.4. The zero-order chi connectivity index (χ0) is 16.3. The third-order valence-corrected chi connectivity index (χ3v) is 2.29. The second-order valence-electron chi connectivity index (χ2n) is 5.29. The van der Waals surface area contributed by atoms with E-state index >= 15 is 0 Å². The molecule has 0 fully saturated rings. The van der Waals surface area contributed by atoms with E-state index in [-0.39, 0.29) is 5.57 Å². The lowest BCUT2D eigenvalue weighted by atomic mass is 10.1. The summed E-state index contributed by atoms with van der Waals surface area (Å²) >= 11 is 0. The highest BCUT2D eigenvalue weighted by molar-refractivity contribution is 5.98. The summed E-state index contributed by atoms with van der Waals surface area (Å²) in [5.74, 6) is -0.815. The summed E-state index contributed by atoms with van der Waals surface area (Å²) in [6.45, 7) is 4.95. The normalized spacial score (nSPS) is 12.7. The predicted octanol–water partition coefficient (Wildman–Crippen LogP) is 3.95. The van der Waals surface area contributed by atoms with Crippen molar-refractivity contribution in [2.24, 2.45) is 0 Å². The molecule has 1 rings (SSSR count). The van der Waals surface area contributed by atoms with E-state index < -0.39 is 23.3 Å². The van der Waals surface area contributed by atoms with Gasteiger partial charge in [0.15, 0.2) is 0 Å². The Balaban J connectivity index is 3.00. The molecule has 112 valence electrons. The van der Waals surface area contributed by atoms with Crippen molar-refractivity contribution in [1.82, 2.24) is 0 Å². The minimum atomic E-state index is -4.43. The number of ether oxygens (including phenoxy) is 1. The molecule has 0 aliphatic heterocycles. The molecule has 0 aromatic heterocycles. The number of nitrogens with zero attached hydrogens (tertiary/aromatic N) is 1. The van der Waals surface area contributed by atoms with Gasteiger partial charge >= 0.3 is 12.1 Å². The van der Waals surface area contributed by atoms with Crippen molar-refractivity contribution >= 4 is 12.0 Å². The largest absolute Gasteiger partial charge is 0.456 e. The van der Waals surface area contributed by atoms with Crippen molar-refractivity contribution in [2.45, 2.75) is 32.5 Å². The van der Waals surface area contributed by atoms with Crippen LogP contribution in [0.1, 0.15) is 31.9 Å². The summed E-state index contributed by atoms with van der Waals surface area (Å²) in [7, 11) is 0. The maximum absolute atomic E-state index is 12.4. The molecule has 3 nitrogen and oxygen atoms in total. The van der Waals surface area contributed by atoms with Crippen molar-refractivity contribution < 1.29 is 22.7 Å². The van der Waals surface area contributed by atoms with Crippen molar-refractivity contribution in [2.75, 3.05) is 0 Å². The van der Waals surface area contributed by atoms with Gasteiger partial charge in [-0.15, -0.1) is 0 Å². The second kappa shape index (κ2) is 6.00. The fourth-order valence-electron chi connectivity index (χ4n) is 1.40. The van der Waals surface area contributed by atoms with E-state index in [9.17, 15) is 18.0 Å². The molecule has 0 atom stereocenters. The van der Waals surface area contributed by atoms with Gasteiger partial charge < -0.3 is 4.74 Å². The van der Waals surface area contributed by atoms with Gasteiger partial charge in [-0.3, -0.25) is 0 Å². The van der Waals surface area contributed by atoms with Gasteiger partial charge in [0.05, 0.1) is 5.56 Å². The molecule has 0 unspecified atom stereocenters. The van der Waals surface area contributed by atoms with Crippen LogP contribution in [0.5, 0.6) is 0 Å². The number of halogens is 3. The lowest BCUT2D eigenvalue weighted by Gasteiger charge is -2.18. The van der Waals surface area contributed by atoms with Crippen molar-refractivity contribution in [3.8, 4) is 6.07 Å². The monoisotopic (exact) mass is 297 g/mol. The molecule has 21 heavy (non-hydrogen) atoms. The molecule has 0 N–H and O–H groups in total. The molecule has 0 bridgehead atoms. The molecular weight excluding hydrogens is 283 g/mol. The van der Waals surface area contributed by atoms with Crippen LogP contribution in [0.15, 0.2) is 29.8 Å². The van der Waals surface area contributed by atoms with Gasteiger partial charge in [0.2, 0.25) is 0 Å². The molecule has 0 radical (unpaired) electrons. The Labute approximate surface area is 120 Å². The molecule has 1 aromatic rings. The molecule has 0 saturated heterocycles. The number of carbonyl (C=O) groups is 1. The smallest absolute Gasteiger partial charge is 0.416 e. The van der Waals surface area contributed by atoms with Crippen molar-refractivity contribution in [1.29, 1.82) is 5.26 Å². The molecule has 6 heteroatoms. The van der Waals surface area contributed by atoms with Crippen molar-refractivity contribution in [3.05, 3.63) is 41.0 Å². The van der Waals surface area contributed by atoms with E-state index in [0.29, 0.717) is 5.56 Å². The number of carbonyl (C=O) groups excluding carboxylic acids is 1. The standard InChI is InChI=1S/C15H14F3NO2/c1-14(2,3)21-13(20)11(9-19)8-10-4-6-12(7-5-10)15(16,17)18/h4-8H,1-3H3/b11-8+. The Morgan fingerprint density at radius 3 is 2.10 bits per heavy atom. The van der Waals surface area contributed by atoms with Crippen LogP contribution in [-0.2, 0) is 15.7 Å². The first-order chi connectivity index (χ1) is 9.53. The Kier molecular flexibility index (Phi) is 4.79. The Morgan fingerprint density at radius 1 is 1.19 bits per heavy atom. The summed E-state index contributed by atoms with van der Waals surface area (Å²) < 4.78 is 42.3. The van der Waals surface area contributed by atoms with Gasteiger partial charge in [0.25, 0.3) is 0 Å². The number of alkyl halides is 3. The summed E-state index contributed by atoms with van der Waals surface area (Å²) in [6, 6.07) is 5.82. The topological polar surface area (TPSA) is 50.1 Å². The molecule has 0 saturated carbocycles. The van der Waals surface area contributed by atoms with Gasteiger partial charge in [-0.25, -0.2) is 4.79 Å². The van der Waals surface area contributed by atoms with E-state index in [4.69, 9.17) is 10.00 Å². The molecule has 0 heterocycles. The average Bonchev–Trinajstić information content (AvgIpc) is 2.33. The Bertz CT molecular complexity index is 587. The molecular formula is C15H14F3NO2. The molecule has 0 aliphatic rings. The van der Waals surface area contributed by atoms with E-state index in [1.54, 1.807) is 26.8 Å². The van der Waals surface area contributed by atoms with Crippen LogP contribution in [0.4, 0.5) is 13.2 Å². The summed E-state index contributed by atoms with van der Waals surface area (Å²) in [4.78, 5) is 11.7. The highest BCUT2D eigenvalue weighted by Crippen LogP contribution is 2.29. The third-order valence-electron chi connectivity index (χ3n) is 2.29.